The van der Waals surface area contributed by atoms with Crippen LogP contribution in [-0.2, 0) is 17.9 Å². The van der Waals surface area contributed by atoms with Crippen molar-refractivity contribution in [1.82, 2.24) is 20.4 Å². The molecule has 0 unspecified atom stereocenters. The number of carbonyl (C=O) groups excluding carboxylic acids is 1. The Labute approximate surface area is 182 Å². The Morgan fingerprint density at radius 3 is 2.57 bits per heavy atom. The molecule has 6 nitrogen and oxygen atoms in total. The molecule has 0 atom stereocenters. The molecule has 0 bridgehead atoms. The number of amides is 1. The maximum Gasteiger partial charge on any atom is 0.222 e. The van der Waals surface area contributed by atoms with E-state index in [1.54, 1.807) is 0 Å². The lowest BCUT2D eigenvalue weighted by Gasteiger charge is -2.20. The van der Waals surface area contributed by atoms with Gasteiger partial charge < -0.3 is 20.4 Å². The fourth-order valence-electron chi connectivity index (χ4n) is 4.30. The fraction of sp³-hybridized carbons (Fsp3) is 0.667. The Morgan fingerprint density at radius 2 is 1.83 bits per heavy atom. The minimum absolute atomic E-state index is 0.275. The SMILES string of the molecule is CCNC(=NCc1cccc(CN2CCCC2=O)c1)NCCCN1CCCCCC1. The van der Waals surface area contributed by atoms with Gasteiger partial charge in [-0.3, -0.25) is 4.79 Å². The summed E-state index contributed by atoms with van der Waals surface area (Å²) in [6.45, 7) is 9.82. The van der Waals surface area contributed by atoms with E-state index in [1.807, 2.05) is 4.90 Å². The first-order valence-electron chi connectivity index (χ1n) is 11.8. The summed E-state index contributed by atoms with van der Waals surface area (Å²) in [5, 5.41) is 6.84. The predicted molar refractivity (Wildman–Crippen MR) is 123 cm³/mol. The van der Waals surface area contributed by atoms with Gasteiger partial charge in [-0.2, -0.15) is 0 Å². The molecule has 1 aromatic carbocycles. The Balaban J connectivity index is 1.45. The van der Waals surface area contributed by atoms with Gasteiger partial charge in [0.2, 0.25) is 5.91 Å². The number of nitrogens with zero attached hydrogens (tertiary/aromatic N) is 3. The average Bonchev–Trinajstić information content (AvgIpc) is 2.99. The number of carbonyl (C=O) groups is 1. The van der Waals surface area contributed by atoms with Crippen LogP contribution in [0.5, 0.6) is 0 Å². The van der Waals surface area contributed by atoms with Crippen LogP contribution < -0.4 is 10.6 Å². The zero-order chi connectivity index (χ0) is 21.0. The van der Waals surface area contributed by atoms with Crippen molar-refractivity contribution in [1.29, 1.82) is 0 Å². The molecule has 0 aromatic heterocycles. The highest BCUT2D eigenvalue weighted by Crippen LogP contribution is 2.15. The van der Waals surface area contributed by atoms with E-state index in [0.717, 1.165) is 38.4 Å². The summed E-state index contributed by atoms with van der Waals surface area (Å²) in [4.78, 5) is 21.2. The van der Waals surface area contributed by atoms with Gasteiger partial charge in [-0.15, -0.1) is 0 Å². The zero-order valence-corrected chi connectivity index (χ0v) is 18.7. The highest BCUT2D eigenvalue weighted by molar-refractivity contribution is 5.79. The van der Waals surface area contributed by atoms with E-state index < -0.39 is 0 Å². The molecule has 1 aromatic rings. The van der Waals surface area contributed by atoms with Gasteiger partial charge >= 0.3 is 0 Å². The monoisotopic (exact) mass is 413 g/mol. The molecule has 30 heavy (non-hydrogen) atoms. The number of aliphatic imine (C=N–C) groups is 1. The van der Waals surface area contributed by atoms with Gasteiger partial charge in [-0.25, -0.2) is 4.99 Å². The summed E-state index contributed by atoms with van der Waals surface area (Å²) in [6.07, 6.45) is 8.30. The van der Waals surface area contributed by atoms with Crippen molar-refractivity contribution in [2.45, 2.75) is 65.0 Å². The molecule has 2 aliphatic rings. The van der Waals surface area contributed by atoms with Crippen molar-refractivity contribution in [2.24, 2.45) is 4.99 Å². The minimum Gasteiger partial charge on any atom is -0.357 e. The summed E-state index contributed by atoms with van der Waals surface area (Å²) in [5.74, 6) is 1.16. The van der Waals surface area contributed by atoms with E-state index in [1.165, 1.54) is 56.4 Å². The molecule has 2 N–H and O–H groups in total. The quantitative estimate of drug-likeness (QED) is 0.371. The summed E-state index contributed by atoms with van der Waals surface area (Å²) in [5.41, 5.74) is 2.37. The van der Waals surface area contributed by atoms with Crippen LogP contribution in [0.15, 0.2) is 29.3 Å². The van der Waals surface area contributed by atoms with Gasteiger partial charge in [0.1, 0.15) is 0 Å². The Morgan fingerprint density at radius 1 is 1.03 bits per heavy atom. The number of hydrogen-bond donors (Lipinski definition) is 2. The minimum atomic E-state index is 0.275. The smallest absolute Gasteiger partial charge is 0.222 e. The summed E-state index contributed by atoms with van der Waals surface area (Å²) < 4.78 is 0. The van der Waals surface area contributed by atoms with Crippen LogP contribution in [-0.4, -0.2) is 60.9 Å². The van der Waals surface area contributed by atoms with Crippen molar-refractivity contribution >= 4 is 11.9 Å². The standard InChI is InChI=1S/C24H39N5O/c1-2-25-24(26-13-9-16-28-14-5-3-4-6-15-28)27-19-21-10-7-11-22(18-21)20-29-17-8-12-23(29)30/h7,10-11,18H,2-6,8-9,12-17,19-20H2,1H3,(H2,25,26,27). The van der Waals surface area contributed by atoms with Crippen molar-refractivity contribution < 1.29 is 4.79 Å². The Hall–Kier alpha value is -2.08. The van der Waals surface area contributed by atoms with Crippen LogP contribution in [0.3, 0.4) is 0 Å². The molecule has 2 heterocycles. The number of nitrogens with one attached hydrogen (secondary N) is 2. The third-order valence-electron chi connectivity index (χ3n) is 5.94. The fourth-order valence-corrected chi connectivity index (χ4v) is 4.30. The van der Waals surface area contributed by atoms with Gasteiger partial charge in [0.25, 0.3) is 0 Å². The molecule has 0 aliphatic carbocycles. The van der Waals surface area contributed by atoms with Crippen LogP contribution in [0.2, 0.25) is 0 Å². The maximum atomic E-state index is 11.9. The van der Waals surface area contributed by atoms with E-state index in [0.29, 0.717) is 19.5 Å². The lowest BCUT2D eigenvalue weighted by atomic mass is 10.1. The molecule has 0 radical (unpaired) electrons. The van der Waals surface area contributed by atoms with Gasteiger partial charge in [0.05, 0.1) is 6.54 Å². The van der Waals surface area contributed by atoms with Crippen molar-refractivity contribution in [3.8, 4) is 0 Å². The number of benzene rings is 1. The van der Waals surface area contributed by atoms with Crippen LogP contribution in [0.1, 0.15) is 63.0 Å². The highest BCUT2D eigenvalue weighted by Gasteiger charge is 2.19. The van der Waals surface area contributed by atoms with Gasteiger partial charge in [0.15, 0.2) is 5.96 Å². The molecule has 166 valence electrons. The molecule has 6 heteroatoms. The lowest BCUT2D eigenvalue weighted by molar-refractivity contribution is -0.128. The first kappa shape index (κ1) is 22.6. The zero-order valence-electron chi connectivity index (χ0n) is 18.7. The number of rotatable bonds is 9. The van der Waals surface area contributed by atoms with Gasteiger partial charge in [-0.1, -0.05) is 37.1 Å². The molecular weight excluding hydrogens is 374 g/mol. The second-order valence-electron chi connectivity index (χ2n) is 8.47. The van der Waals surface area contributed by atoms with E-state index in [4.69, 9.17) is 4.99 Å². The first-order valence-corrected chi connectivity index (χ1v) is 11.8. The van der Waals surface area contributed by atoms with E-state index in [9.17, 15) is 4.79 Å². The molecule has 3 rings (SSSR count). The van der Waals surface area contributed by atoms with Crippen molar-refractivity contribution in [2.75, 3.05) is 39.3 Å². The topological polar surface area (TPSA) is 60.0 Å². The number of hydrogen-bond acceptors (Lipinski definition) is 3. The average molecular weight is 414 g/mol. The van der Waals surface area contributed by atoms with Crippen molar-refractivity contribution in [3.05, 3.63) is 35.4 Å². The maximum absolute atomic E-state index is 11.9. The summed E-state index contributed by atoms with van der Waals surface area (Å²) >= 11 is 0. The molecule has 0 spiro atoms. The Bertz CT molecular complexity index is 682. The second kappa shape index (κ2) is 12.6. The van der Waals surface area contributed by atoms with Crippen LogP contribution in [0.4, 0.5) is 0 Å². The van der Waals surface area contributed by atoms with Gasteiger partial charge in [0, 0.05) is 32.6 Å². The number of likely N-dealkylation sites (tertiary alicyclic amines) is 2. The van der Waals surface area contributed by atoms with Crippen molar-refractivity contribution in [3.63, 3.8) is 0 Å². The van der Waals surface area contributed by atoms with E-state index >= 15 is 0 Å². The summed E-state index contributed by atoms with van der Waals surface area (Å²) in [7, 11) is 0. The first-order chi connectivity index (χ1) is 14.7. The highest BCUT2D eigenvalue weighted by atomic mass is 16.2. The van der Waals surface area contributed by atoms with E-state index in [-0.39, 0.29) is 5.91 Å². The Kier molecular flexibility index (Phi) is 9.48. The number of guanidine groups is 1. The molecule has 2 saturated heterocycles. The largest absolute Gasteiger partial charge is 0.357 e. The normalized spacial score (nSPS) is 18.5. The van der Waals surface area contributed by atoms with E-state index in [2.05, 4.69) is 46.7 Å². The second-order valence-corrected chi connectivity index (χ2v) is 8.47. The molecule has 0 saturated carbocycles. The lowest BCUT2D eigenvalue weighted by Crippen LogP contribution is -2.39. The third kappa shape index (κ3) is 7.63. The van der Waals surface area contributed by atoms with Crippen LogP contribution in [0.25, 0.3) is 0 Å². The predicted octanol–water partition coefficient (Wildman–Crippen LogP) is 3.13. The molecular formula is C24H39N5O. The molecule has 1 amide bonds. The third-order valence-corrected chi connectivity index (χ3v) is 5.94. The molecule has 2 aliphatic heterocycles. The van der Waals surface area contributed by atoms with Gasteiger partial charge in [-0.05, 0) is 63.4 Å². The summed E-state index contributed by atoms with van der Waals surface area (Å²) in [6, 6.07) is 8.47. The van der Waals surface area contributed by atoms with Crippen LogP contribution in [0, 0.1) is 0 Å². The van der Waals surface area contributed by atoms with Crippen LogP contribution >= 0.6 is 0 Å². The molecule has 2 fully saturated rings.